The van der Waals surface area contributed by atoms with E-state index in [1.165, 1.54) is 19.2 Å². The monoisotopic (exact) mass is 380 g/mol. The molecule has 5 unspecified atom stereocenters. The number of hydrogen-bond donors (Lipinski definition) is 0. The van der Waals surface area contributed by atoms with Gasteiger partial charge in [0, 0.05) is 24.5 Å². The maximum Gasteiger partial charge on any atom is 0.320 e. The van der Waals surface area contributed by atoms with Crippen LogP contribution in [0.4, 0.5) is 4.39 Å². The van der Waals surface area contributed by atoms with Crippen molar-refractivity contribution in [3.05, 3.63) is 71.0 Å². The molecule has 4 nitrogen and oxygen atoms in total. The van der Waals surface area contributed by atoms with Gasteiger partial charge in [-0.05, 0) is 34.9 Å². The molecule has 0 N–H and O–H groups in total. The number of carbonyl (C=O) groups excluding carboxylic acids is 1. The second-order valence-electron chi connectivity index (χ2n) is 7.75. The Morgan fingerprint density at radius 2 is 1.96 bits per heavy atom. The number of methoxy groups -OCH3 is 2. The Bertz CT molecular complexity index is 1010. The number of ether oxygens (including phenoxy) is 3. The van der Waals surface area contributed by atoms with Crippen molar-refractivity contribution in [1.29, 1.82) is 0 Å². The molecule has 2 aromatic rings. The average Bonchev–Trinajstić information content (AvgIpc) is 3.01. The normalized spacial score (nSPS) is 33.1. The molecule has 28 heavy (non-hydrogen) atoms. The van der Waals surface area contributed by atoms with Crippen LogP contribution in [0.15, 0.2) is 48.5 Å². The number of para-hydroxylation sites is 1. The van der Waals surface area contributed by atoms with Crippen LogP contribution < -0.4 is 4.74 Å². The van der Waals surface area contributed by atoms with Gasteiger partial charge in [0.1, 0.15) is 23.1 Å². The van der Waals surface area contributed by atoms with E-state index < -0.39 is 5.41 Å². The molecule has 0 saturated heterocycles. The van der Waals surface area contributed by atoms with Gasteiger partial charge in [0.15, 0.2) is 0 Å². The fourth-order valence-electron chi connectivity index (χ4n) is 5.10. The highest BCUT2D eigenvalue weighted by Crippen LogP contribution is 2.69. The third kappa shape index (κ3) is 2.11. The van der Waals surface area contributed by atoms with Gasteiger partial charge in [0.25, 0.3) is 0 Å². The lowest BCUT2D eigenvalue weighted by molar-refractivity contribution is -0.146. The quantitative estimate of drug-likeness (QED) is 0.747. The number of rotatable bonds is 3. The van der Waals surface area contributed by atoms with Crippen LogP contribution in [0, 0.1) is 17.2 Å². The predicted molar refractivity (Wildman–Crippen MR) is 101 cm³/mol. The molecule has 3 aliphatic rings. The van der Waals surface area contributed by atoms with Crippen LogP contribution in [-0.4, -0.2) is 26.3 Å². The number of fused-ring (bicyclic) bond motifs is 4. The number of benzene rings is 2. The molecule has 0 bridgehead atoms. The molecule has 5 heteroatoms. The summed E-state index contributed by atoms with van der Waals surface area (Å²) in [5.74, 6) is 0.145. The topological polar surface area (TPSA) is 44.8 Å². The Morgan fingerprint density at radius 1 is 1.18 bits per heavy atom. The highest BCUT2D eigenvalue weighted by Gasteiger charge is 2.75. The summed E-state index contributed by atoms with van der Waals surface area (Å²) in [5, 5.41) is 0. The maximum absolute atomic E-state index is 13.8. The van der Waals surface area contributed by atoms with Crippen molar-refractivity contribution in [1.82, 2.24) is 0 Å². The van der Waals surface area contributed by atoms with Gasteiger partial charge in [0.05, 0.1) is 13.2 Å². The van der Waals surface area contributed by atoms with Crippen LogP contribution >= 0.6 is 0 Å². The molecule has 0 radical (unpaired) electrons. The summed E-state index contributed by atoms with van der Waals surface area (Å²) in [7, 11) is 3.03. The van der Waals surface area contributed by atoms with Crippen LogP contribution in [0.25, 0.3) is 5.57 Å². The Hall–Kier alpha value is -2.66. The zero-order valence-corrected chi connectivity index (χ0v) is 15.9. The molecule has 0 spiro atoms. The molecule has 0 amide bonds. The van der Waals surface area contributed by atoms with E-state index in [4.69, 9.17) is 14.2 Å². The van der Waals surface area contributed by atoms with E-state index in [1.54, 1.807) is 13.2 Å². The lowest BCUT2D eigenvalue weighted by Gasteiger charge is -2.19. The summed E-state index contributed by atoms with van der Waals surface area (Å²) >= 11 is 0. The molecular formula is C23H21FO4. The van der Waals surface area contributed by atoms with Gasteiger partial charge >= 0.3 is 5.97 Å². The SMILES string of the molecule is COC(=O)C1(C=C2c3ccc(F)cc3C(OC)C2C)C2Oc3ccccc3C21. The van der Waals surface area contributed by atoms with Crippen LogP contribution in [0.1, 0.15) is 35.6 Å². The second-order valence-corrected chi connectivity index (χ2v) is 7.75. The molecule has 1 aliphatic heterocycles. The summed E-state index contributed by atoms with van der Waals surface area (Å²) in [4.78, 5) is 12.9. The fourth-order valence-corrected chi connectivity index (χ4v) is 5.10. The van der Waals surface area contributed by atoms with Gasteiger partial charge in [-0.2, -0.15) is 0 Å². The average molecular weight is 380 g/mol. The van der Waals surface area contributed by atoms with Crippen molar-refractivity contribution >= 4 is 11.5 Å². The van der Waals surface area contributed by atoms with E-state index in [1.807, 2.05) is 37.3 Å². The van der Waals surface area contributed by atoms with Crippen molar-refractivity contribution in [3.8, 4) is 5.75 Å². The molecule has 1 heterocycles. The van der Waals surface area contributed by atoms with E-state index in [9.17, 15) is 9.18 Å². The summed E-state index contributed by atoms with van der Waals surface area (Å²) in [6.07, 6.45) is 1.46. The Balaban J connectivity index is 1.64. The smallest absolute Gasteiger partial charge is 0.320 e. The first-order valence-corrected chi connectivity index (χ1v) is 9.42. The highest BCUT2D eigenvalue weighted by atomic mass is 19.1. The molecular weight excluding hydrogens is 359 g/mol. The maximum atomic E-state index is 13.8. The van der Waals surface area contributed by atoms with E-state index in [0.29, 0.717) is 0 Å². The lowest BCUT2D eigenvalue weighted by atomic mass is 9.90. The first-order chi connectivity index (χ1) is 13.5. The molecule has 5 atom stereocenters. The lowest BCUT2D eigenvalue weighted by Crippen LogP contribution is -2.24. The zero-order chi connectivity index (χ0) is 19.6. The molecule has 2 aromatic carbocycles. The van der Waals surface area contributed by atoms with Crippen molar-refractivity contribution in [2.45, 2.75) is 25.0 Å². The summed E-state index contributed by atoms with van der Waals surface area (Å²) in [6, 6.07) is 12.5. The molecule has 1 fully saturated rings. The largest absolute Gasteiger partial charge is 0.488 e. The Morgan fingerprint density at radius 3 is 2.71 bits per heavy atom. The number of esters is 1. The van der Waals surface area contributed by atoms with E-state index >= 15 is 0 Å². The van der Waals surface area contributed by atoms with Crippen molar-refractivity contribution in [3.63, 3.8) is 0 Å². The highest BCUT2D eigenvalue weighted by molar-refractivity contribution is 5.92. The van der Waals surface area contributed by atoms with Gasteiger partial charge in [-0.25, -0.2) is 4.39 Å². The minimum Gasteiger partial charge on any atom is -0.488 e. The van der Waals surface area contributed by atoms with Crippen molar-refractivity contribution in [2.24, 2.45) is 11.3 Å². The molecule has 2 aliphatic carbocycles. The van der Waals surface area contributed by atoms with Crippen molar-refractivity contribution < 1.29 is 23.4 Å². The second kappa shape index (κ2) is 5.92. The van der Waals surface area contributed by atoms with Gasteiger partial charge < -0.3 is 14.2 Å². The van der Waals surface area contributed by atoms with Gasteiger partial charge in [-0.3, -0.25) is 4.79 Å². The molecule has 144 valence electrons. The summed E-state index contributed by atoms with van der Waals surface area (Å²) in [6.45, 7) is 2.04. The first kappa shape index (κ1) is 17.4. The fraction of sp³-hybridized carbons (Fsp3) is 0.348. The van der Waals surface area contributed by atoms with Crippen LogP contribution in [0.5, 0.6) is 5.75 Å². The van der Waals surface area contributed by atoms with Gasteiger partial charge in [-0.15, -0.1) is 0 Å². The van der Waals surface area contributed by atoms with E-state index in [2.05, 4.69) is 0 Å². The third-order valence-corrected chi connectivity index (χ3v) is 6.45. The summed E-state index contributed by atoms with van der Waals surface area (Å²) < 4.78 is 30.8. The Labute approximate surface area is 162 Å². The first-order valence-electron chi connectivity index (χ1n) is 9.42. The molecule has 1 saturated carbocycles. The number of carbonyl (C=O) groups is 1. The van der Waals surface area contributed by atoms with Crippen LogP contribution in [0.2, 0.25) is 0 Å². The van der Waals surface area contributed by atoms with Crippen LogP contribution in [0.3, 0.4) is 0 Å². The van der Waals surface area contributed by atoms with Gasteiger partial charge in [-0.1, -0.05) is 37.3 Å². The minimum absolute atomic E-state index is 0.0140. The molecule has 0 aromatic heterocycles. The third-order valence-electron chi connectivity index (χ3n) is 6.45. The van der Waals surface area contributed by atoms with E-state index in [0.717, 1.165) is 28.0 Å². The number of halogens is 1. The minimum atomic E-state index is -0.860. The Kier molecular flexibility index (Phi) is 3.68. The van der Waals surface area contributed by atoms with Crippen molar-refractivity contribution in [2.75, 3.05) is 14.2 Å². The summed E-state index contributed by atoms with van der Waals surface area (Å²) in [5.41, 5.74) is 2.88. The van der Waals surface area contributed by atoms with Crippen LogP contribution in [-0.2, 0) is 14.3 Å². The standard InChI is InChI=1S/C23H21FO4/c1-12-17(14-9-8-13(24)10-16(14)20(12)26-2)11-23(22(25)27-3)19-15-6-4-5-7-18(15)28-21(19)23/h4-12,19-21H,1-3H3. The van der Waals surface area contributed by atoms with Gasteiger partial charge in [0.2, 0.25) is 0 Å². The van der Waals surface area contributed by atoms with E-state index in [-0.39, 0.29) is 35.8 Å². The predicted octanol–water partition coefficient (Wildman–Crippen LogP) is 4.26. The number of hydrogen-bond acceptors (Lipinski definition) is 4. The molecule has 5 rings (SSSR count). The zero-order valence-electron chi connectivity index (χ0n) is 15.9.